The van der Waals surface area contributed by atoms with Gasteiger partial charge in [0.15, 0.2) is 0 Å². The van der Waals surface area contributed by atoms with E-state index in [1.54, 1.807) is 0 Å². The summed E-state index contributed by atoms with van der Waals surface area (Å²) in [5.74, 6) is 0.921. The first-order valence-corrected chi connectivity index (χ1v) is 6.51. The fourth-order valence-electron chi connectivity index (χ4n) is 0.750. The minimum atomic E-state index is 0.921. The first kappa shape index (κ1) is 20.6. The Balaban J connectivity index is -0.000000206. The Hall–Kier alpha value is -0.780. The fourth-order valence-corrected chi connectivity index (χ4v) is 0.750. The van der Waals surface area contributed by atoms with Crippen LogP contribution in [-0.2, 0) is 0 Å². The maximum absolute atomic E-state index is 3.82. The summed E-state index contributed by atoms with van der Waals surface area (Å²) >= 11 is 0. The molecule has 96 valence electrons. The van der Waals surface area contributed by atoms with Crippen LogP contribution in [0.25, 0.3) is 0 Å². The van der Waals surface area contributed by atoms with Gasteiger partial charge in [0.1, 0.15) is 0 Å². The van der Waals surface area contributed by atoms with E-state index in [9.17, 15) is 0 Å². The van der Waals surface area contributed by atoms with E-state index in [2.05, 4.69) is 52.7 Å². The van der Waals surface area contributed by atoms with Crippen molar-refractivity contribution in [2.45, 2.75) is 60.3 Å². The molecule has 0 aromatic carbocycles. The van der Waals surface area contributed by atoms with Crippen LogP contribution in [0, 0.1) is 5.92 Å². The Morgan fingerprint density at radius 3 is 1.81 bits per heavy atom. The van der Waals surface area contributed by atoms with Gasteiger partial charge in [-0.15, -0.1) is 13.2 Å². The molecule has 16 heavy (non-hydrogen) atoms. The molecule has 0 unspecified atom stereocenters. The van der Waals surface area contributed by atoms with Crippen LogP contribution in [0.5, 0.6) is 0 Å². The summed E-state index contributed by atoms with van der Waals surface area (Å²) in [7, 11) is 0. The highest BCUT2D eigenvalue weighted by atomic mass is 14.2. The smallest absolute Gasteiger partial charge is 0.0144 e. The summed E-state index contributed by atoms with van der Waals surface area (Å²) in [5.41, 5.74) is 1.26. The first-order valence-electron chi connectivity index (χ1n) is 6.51. The predicted octanol–water partition coefficient (Wildman–Crippen LogP) is 6.16. The highest BCUT2D eigenvalue weighted by molar-refractivity contribution is 5.03. The molecule has 0 nitrogen and oxygen atoms in total. The lowest BCUT2D eigenvalue weighted by atomic mass is 10.2. The fraction of sp³-hybridized carbons (Fsp3) is 0.625. The Kier molecular flexibility index (Phi) is 25.4. The quantitative estimate of drug-likeness (QED) is 0.503. The number of allylic oxidation sites excluding steroid dienone is 3. The van der Waals surface area contributed by atoms with E-state index in [0.717, 1.165) is 12.3 Å². The van der Waals surface area contributed by atoms with E-state index in [-0.39, 0.29) is 0 Å². The van der Waals surface area contributed by atoms with Crippen molar-refractivity contribution in [1.82, 2.24) is 0 Å². The predicted molar refractivity (Wildman–Crippen MR) is 79.9 cm³/mol. The summed E-state index contributed by atoms with van der Waals surface area (Å²) < 4.78 is 0. The summed E-state index contributed by atoms with van der Waals surface area (Å²) in [6, 6.07) is 0. The van der Waals surface area contributed by atoms with Gasteiger partial charge in [0.05, 0.1) is 0 Å². The molecule has 0 saturated heterocycles. The minimum Gasteiger partial charge on any atom is -0.106 e. The molecule has 0 aromatic rings. The van der Waals surface area contributed by atoms with Gasteiger partial charge in [-0.2, -0.15) is 0 Å². The Bertz CT molecular complexity index is 149. The lowest BCUT2D eigenvalue weighted by Gasteiger charge is -1.87. The van der Waals surface area contributed by atoms with Crippen molar-refractivity contribution >= 4 is 0 Å². The molecule has 1 rings (SSSR count). The maximum Gasteiger partial charge on any atom is -0.0144 e. The van der Waals surface area contributed by atoms with Gasteiger partial charge < -0.3 is 0 Å². The van der Waals surface area contributed by atoms with Gasteiger partial charge in [0.25, 0.3) is 0 Å². The SMILES string of the molecule is C=C.C=C(C)C/C=C\C1CC1.CC.CCC. The first-order chi connectivity index (χ1) is 7.70. The molecule has 1 saturated carbocycles. The lowest BCUT2D eigenvalue weighted by molar-refractivity contribution is 1.09. The van der Waals surface area contributed by atoms with E-state index < -0.39 is 0 Å². The Labute approximate surface area is 104 Å². The van der Waals surface area contributed by atoms with Crippen LogP contribution >= 0.6 is 0 Å². The second-order valence-corrected chi connectivity index (χ2v) is 3.63. The highest BCUT2D eigenvalue weighted by Gasteiger charge is 2.16. The van der Waals surface area contributed by atoms with Gasteiger partial charge in [-0.1, -0.05) is 58.4 Å². The third-order valence-electron chi connectivity index (χ3n) is 1.50. The summed E-state index contributed by atoms with van der Waals surface area (Å²) in [5, 5.41) is 0. The number of hydrogen-bond acceptors (Lipinski definition) is 0. The van der Waals surface area contributed by atoms with Crippen LogP contribution in [0.1, 0.15) is 60.3 Å². The molecule has 1 aliphatic rings. The molecule has 0 aromatic heterocycles. The van der Waals surface area contributed by atoms with E-state index >= 15 is 0 Å². The van der Waals surface area contributed by atoms with Crippen molar-refractivity contribution < 1.29 is 0 Å². The summed E-state index contributed by atoms with van der Waals surface area (Å²) in [6.07, 6.45) is 9.69. The zero-order chi connectivity index (χ0) is 13.4. The molecule has 0 spiro atoms. The molecule has 0 heterocycles. The number of rotatable bonds is 3. The third kappa shape index (κ3) is 29.2. The average Bonchev–Trinajstić information content (AvgIpc) is 3.08. The molecule has 0 atom stereocenters. The van der Waals surface area contributed by atoms with Crippen LogP contribution in [0.2, 0.25) is 0 Å². The van der Waals surface area contributed by atoms with Gasteiger partial charge in [-0.3, -0.25) is 0 Å². The van der Waals surface area contributed by atoms with Gasteiger partial charge >= 0.3 is 0 Å². The Morgan fingerprint density at radius 1 is 1.19 bits per heavy atom. The second kappa shape index (κ2) is 19.7. The van der Waals surface area contributed by atoms with Crippen molar-refractivity contribution in [1.29, 1.82) is 0 Å². The average molecular weight is 224 g/mol. The molecular formula is C16H32. The van der Waals surface area contributed by atoms with Crippen LogP contribution in [0.3, 0.4) is 0 Å². The standard InChI is InChI=1S/C9H14.C3H8.C2H6.C2H4/c1-8(2)4-3-5-9-6-7-9;1-3-2;2*1-2/h3,5,9H,1,4,6-7H2,2H3;3H2,1-2H3;1-2H3;1-2H2/b5-3-;;;. The normalized spacial score (nSPS) is 12.3. The van der Waals surface area contributed by atoms with E-state index in [1.165, 1.54) is 24.8 Å². The van der Waals surface area contributed by atoms with Gasteiger partial charge in [-0.25, -0.2) is 0 Å². The van der Waals surface area contributed by atoms with Gasteiger partial charge in [-0.05, 0) is 32.1 Å². The monoisotopic (exact) mass is 224 g/mol. The third-order valence-corrected chi connectivity index (χ3v) is 1.50. The molecular weight excluding hydrogens is 192 g/mol. The number of hydrogen-bond donors (Lipinski definition) is 0. The maximum atomic E-state index is 3.82. The zero-order valence-corrected chi connectivity index (χ0v) is 12.2. The van der Waals surface area contributed by atoms with Gasteiger partial charge in [0.2, 0.25) is 0 Å². The lowest BCUT2D eigenvalue weighted by Crippen LogP contribution is -1.68. The van der Waals surface area contributed by atoms with E-state index in [4.69, 9.17) is 0 Å². The van der Waals surface area contributed by atoms with Crippen LogP contribution in [0.4, 0.5) is 0 Å². The molecule has 0 N–H and O–H groups in total. The highest BCUT2D eigenvalue weighted by Crippen LogP contribution is 2.30. The van der Waals surface area contributed by atoms with Crippen LogP contribution in [-0.4, -0.2) is 0 Å². The largest absolute Gasteiger partial charge is 0.106 e. The topological polar surface area (TPSA) is 0 Å². The molecule has 0 heteroatoms. The van der Waals surface area contributed by atoms with Crippen molar-refractivity contribution in [3.63, 3.8) is 0 Å². The Morgan fingerprint density at radius 2 is 1.56 bits per heavy atom. The summed E-state index contributed by atoms with van der Waals surface area (Å²) in [6.45, 7) is 20.1. The molecule has 0 radical (unpaired) electrons. The minimum absolute atomic E-state index is 0.921. The van der Waals surface area contributed by atoms with Crippen molar-refractivity contribution in [3.8, 4) is 0 Å². The van der Waals surface area contributed by atoms with Crippen molar-refractivity contribution in [2.24, 2.45) is 5.92 Å². The molecule has 0 aliphatic heterocycles. The van der Waals surface area contributed by atoms with Gasteiger partial charge in [0, 0.05) is 0 Å². The summed E-state index contributed by atoms with van der Waals surface area (Å²) in [4.78, 5) is 0. The molecule has 0 bridgehead atoms. The van der Waals surface area contributed by atoms with Crippen molar-refractivity contribution in [2.75, 3.05) is 0 Å². The second-order valence-electron chi connectivity index (χ2n) is 3.63. The van der Waals surface area contributed by atoms with Crippen LogP contribution in [0.15, 0.2) is 37.5 Å². The van der Waals surface area contributed by atoms with E-state index in [0.29, 0.717) is 0 Å². The molecule has 0 amide bonds. The molecule has 1 aliphatic carbocycles. The molecule has 1 fully saturated rings. The van der Waals surface area contributed by atoms with Crippen LogP contribution < -0.4 is 0 Å². The van der Waals surface area contributed by atoms with Crippen molar-refractivity contribution in [3.05, 3.63) is 37.5 Å². The van der Waals surface area contributed by atoms with E-state index in [1.807, 2.05) is 13.8 Å². The zero-order valence-electron chi connectivity index (χ0n) is 12.2.